The van der Waals surface area contributed by atoms with Gasteiger partial charge in [-0.3, -0.25) is 0 Å². The maximum absolute atomic E-state index is 13.0. The van der Waals surface area contributed by atoms with Crippen molar-refractivity contribution >= 4 is 8.03 Å². The molecule has 28 heavy (non-hydrogen) atoms. The highest BCUT2D eigenvalue weighted by Crippen LogP contribution is 2.65. The van der Waals surface area contributed by atoms with E-state index in [4.69, 9.17) is 4.89 Å². The number of rotatable bonds is 7. The van der Waals surface area contributed by atoms with Crippen LogP contribution in [-0.4, -0.2) is 52.3 Å². The normalized spacial score (nSPS) is 17.0. The van der Waals surface area contributed by atoms with Gasteiger partial charge < -0.3 is 0 Å². The Balaban J connectivity index is 6.76. The molecule has 0 saturated carbocycles. The molecule has 0 radical (unpaired) electrons. The fourth-order valence-electron chi connectivity index (χ4n) is 1.28. The minimum absolute atomic E-state index is 5.96. The van der Waals surface area contributed by atoms with Gasteiger partial charge in [0.15, 0.2) is 0 Å². The van der Waals surface area contributed by atoms with Crippen molar-refractivity contribution < 1.29 is 84.1 Å². The van der Waals surface area contributed by atoms with Crippen LogP contribution in [0.25, 0.3) is 0 Å². The zero-order chi connectivity index (χ0) is 23.6. The minimum atomic E-state index is -8.75. The molecule has 0 rings (SSSR count). The van der Waals surface area contributed by atoms with Crippen molar-refractivity contribution in [3.63, 3.8) is 0 Å². The summed E-state index contributed by atoms with van der Waals surface area (Å²) < 4.78 is 224. The molecule has 1 unspecified atom stereocenters. The quantitative estimate of drug-likeness (QED) is 0.374. The van der Waals surface area contributed by atoms with Crippen LogP contribution in [0.2, 0.25) is 0 Å². The van der Waals surface area contributed by atoms with E-state index in [1.54, 1.807) is 0 Å². The van der Waals surface area contributed by atoms with E-state index in [0.717, 1.165) is 0 Å². The van der Waals surface area contributed by atoms with Crippen molar-refractivity contribution in [2.75, 3.05) is 0 Å². The van der Waals surface area contributed by atoms with Crippen molar-refractivity contribution in [2.24, 2.45) is 0 Å². The summed E-state index contributed by atoms with van der Waals surface area (Å²) in [5, 5.41) is 0. The largest absolute Gasteiger partial charge is 0.591 e. The van der Waals surface area contributed by atoms with Crippen molar-refractivity contribution in [2.45, 2.75) is 47.4 Å². The average molecular weight is 483 g/mol. The molecule has 1 N–H and O–H groups in total. The molecule has 168 valence electrons. The third-order valence-corrected chi connectivity index (χ3v) is 3.71. The average Bonchev–Trinajstić information content (AvgIpc) is 2.44. The lowest BCUT2D eigenvalue weighted by atomic mass is 9.91. The first-order chi connectivity index (χ1) is 11.7. The molecular weight excluding hydrogens is 482 g/mol. The van der Waals surface area contributed by atoms with Crippen LogP contribution < -0.4 is 0 Å². The molecule has 0 saturated heterocycles. The first-order valence-corrected chi connectivity index (χ1v) is 6.78. The smallest absolute Gasteiger partial charge is 0.192 e. The number of alkyl halides is 17. The van der Waals surface area contributed by atoms with Crippen molar-refractivity contribution in [1.82, 2.24) is 0 Å². The van der Waals surface area contributed by atoms with Crippen molar-refractivity contribution in [1.29, 1.82) is 0 Å². The van der Waals surface area contributed by atoms with Crippen LogP contribution in [0, 0.1) is 0 Å². The van der Waals surface area contributed by atoms with Gasteiger partial charge in [-0.25, -0.2) is 0 Å². The number of hydrogen-bond acceptors (Lipinski definition) is 1. The molecule has 1 atom stereocenters. The summed E-state index contributed by atoms with van der Waals surface area (Å²) in [7, 11) is -5.96. The highest BCUT2D eigenvalue weighted by molar-refractivity contribution is 7.39. The second kappa shape index (κ2) is 6.43. The fraction of sp³-hybridized carbons (Fsp3) is 1.00. The van der Waals surface area contributed by atoms with Gasteiger partial charge in [0, 0.05) is 0 Å². The second-order valence-corrected chi connectivity index (χ2v) is 5.87. The lowest BCUT2D eigenvalue weighted by molar-refractivity contribution is -0.458. The maximum atomic E-state index is 13.0. The lowest BCUT2D eigenvalue weighted by Crippen LogP contribution is -2.74. The van der Waals surface area contributed by atoms with E-state index < -0.39 is 55.4 Å². The predicted octanol–water partition coefficient (Wildman–Crippen LogP) is 5.69. The summed E-state index contributed by atoms with van der Waals surface area (Å²) in [6.07, 6.45) is -7.83. The van der Waals surface area contributed by atoms with Crippen LogP contribution in [0.15, 0.2) is 0 Å². The Morgan fingerprint density at radius 1 is 0.429 bits per heavy atom. The third kappa shape index (κ3) is 3.08. The van der Waals surface area contributed by atoms with Gasteiger partial charge in [-0.05, 0) is 4.57 Å². The molecule has 0 fully saturated rings. The van der Waals surface area contributed by atoms with E-state index in [9.17, 15) is 79.2 Å². The van der Waals surface area contributed by atoms with E-state index in [-0.39, 0.29) is 0 Å². The third-order valence-electron chi connectivity index (χ3n) is 2.95. The van der Waals surface area contributed by atoms with Gasteiger partial charge in [0.2, 0.25) is 0 Å². The molecule has 2 nitrogen and oxygen atoms in total. The van der Waals surface area contributed by atoms with E-state index in [0.29, 0.717) is 0 Å². The maximum Gasteiger partial charge on any atom is 0.591 e. The van der Waals surface area contributed by atoms with Crippen LogP contribution in [0.1, 0.15) is 0 Å². The molecule has 0 heterocycles. The van der Waals surface area contributed by atoms with Gasteiger partial charge in [0.25, 0.3) is 0 Å². The molecule has 0 aromatic rings. The molecule has 20 heteroatoms. The summed E-state index contributed by atoms with van der Waals surface area (Å²) in [4.78, 5) is 7.74. The van der Waals surface area contributed by atoms with E-state index in [1.807, 2.05) is 0 Å². The van der Waals surface area contributed by atoms with E-state index >= 15 is 0 Å². The molecule has 0 aromatic carbocycles. The molecule has 0 amide bonds. The summed E-state index contributed by atoms with van der Waals surface area (Å²) >= 11 is 0. The Hall–Kier alpha value is -1.13. The molecule has 0 aliphatic heterocycles. The number of halogens is 17. The van der Waals surface area contributed by atoms with Gasteiger partial charge in [-0.15, -0.1) is 8.78 Å². The molecular formula is C8HF17O2P+. The monoisotopic (exact) mass is 483 g/mol. The molecule has 0 aliphatic carbocycles. The molecule has 0 aliphatic rings. The van der Waals surface area contributed by atoms with E-state index in [2.05, 4.69) is 0 Å². The summed E-state index contributed by atoms with van der Waals surface area (Å²) in [5.41, 5.74) is -7.24. The first-order valence-electron chi connectivity index (χ1n) is 5.57. The van der Waals surface area contributed by atoms with Crippen LogP contribution >= 0.6 is 8.03 Å². The summed E-state index contributed by atoms with van der Waals surface area (Å²) in [6.45, 7) is 0. The highest BCUT2D eigenvalue weighted by atomic mass is 31.1. The van der Waals surface area contributed by atoms with E-state index in [1.165, 1.54) is 0 Å². The van der Waals surface area contributed by atoms with Crippen LogP contribution in [0.3, 0.4) is 0 Å². The zero-order valence-electron chi connectivity index (χ0n) is 11.7. The molecule has 0 spiro atoms. The molecule has 0 bridgehead atoms. The predicted molar refractivity (Wildman–Crippen MR) is 50.5 cm³/mol. The zero-order valence-corrected chi connectivity index (χ0v) is 12.6. The van der Waals surface area contributed by atoms with Gasteiger partial charge in [0.05, 0.1) is 0 Å². The number of hydrogen-bond donors (Lipinski definition) is 1. The van der Waals surface area contributed by atoms with Gasteiger partial charge in [0.1, 0.15) is 0 Å². The van der Waals surface area contributed by atoms with Crippen molar-refractivity contribution in [3.8, 4) is 0 Å². The fourth-order valence-corrected chi connectivity index (χ4v) is 1.66. The van der Waals surface area contributed by atoms with Crippen LogP contribution in [0.4, 0.5) is 74.6 Å². The SMILES string of the molecule is O=[P+](O)C(F)(F)C(F)(F)C(F)(F)C(F)(F)C(F)(F)C(F)(F)C(F)(F)C(F)(F)F. The van der Waals surface area contributed by atoms with Crippen LogP contribution in [0.5, 0.6) is 0 Å². The van der Waals surface area contributed by atoms with Gasteiger partial charge >= 0.3 is 55.4 Å². The Morgan fingerprint density at radius 2 is 0.643 bits per heavy atom. The van der Waals surface area contributed by atoms with Gasteiger partial charge in [-0.1, -0.05) is 0 Å². The Labute approximate surface area is 141 Å². The minimum Gasteiger partial charge on any atom is -0.192 e. The second-order valence-electron chi connectivity index (χ2n) is 4.76. The standard InChI is InChI=1S/C8F17O2P/c9-1(10,3(13,14)5(17,18)7(21,22)23)2(11,12)4(15,16)6(19,20)8(24,25)28(26)27/p+1. The lowest BCUT2D eigenvalue weighted by Gasteiger charge is -2.41. The summed E-state index contributed by atoms with van der Waals surface area (Å²) in [6, 6.07) is 0. The molecule has 0 aromatic heterocycles. The topological polar surface area (TPSA) is 37.3 Å². The first kappa shape index (κ1) is 26.9. The Bertz CT molecular complexity index is 619. The Kier molecular flexibility index (Phi) is 6.17. The Morgan fingerprint density at radius 3 is 0.857 bits per heavy atom. The van der Waals surface area contributed by atoms with Crippen LogP contribution in [-0.2, 0) is 4.57 Å². The van der Waals surface area contributed by atoms with Gasteiger partial charge in [-0.2, -0.15) is 70.7 Å². The summed E-state index contributed by atoms with van der Waals surface area (Å²) in [5.74, 6) is -51.0. The highest BCUT2D eigenvalue weighted by Gasteiger charge is 2.97. The van der Waals surface area contributed by atoms with Crippen molar-refractivity contribution in [3.05, 3.63) is 0 Å².